The molecule has 0 unspecified atom stereocenters. The first-order valence-electron chi connectivity index (χ1n) is 9.96. The third-order valence-electron chi connectivity index (χ3n) is 5.90. The molecule has 2 aromatic rings. The van der Waals surface area contributed by atoms with Crippen LogP contribution in [-0.2, 0) is 24.8 Å². The van der Waals surface area contributed by atoms with Gasteiger partial charge in [0.25, 0.3) is 0 Å². The fraction of sp³-hybridized carbons (Fsp3) is 0.545. The molecule has 0 aliphatic carbocycles. The van der Waals surface area contributed by atoms with Crippen LogP contribution in [0.15, 0.2) is 30.3 Å². The lowest BCUT2D eigenvalue weighted by Gasteiger charge is -2.38. The van der Waals surface area contributed by atoms with E-state index in [1.54, 1.807) is 0 Å². The first-order chi connectivity index (χ1) is 13.0. The van der Waals surface area contributed by atoms with Crippen molar-refractivity contribution in [3.05, 3.63) is 52.8 Å². The topological polar surface area (TPSA) is 41.4 Å². The highest BCUT2D eigenvalue weighted by atomic mass is 16.2. The molecule has 0 spiro atoms. The van der Waals surface area contributed by atoms with Crippen molar-refractivity contribution < 1.29 is 4.79 Å². The summed E-state index contributed by atoms with van der Waals surface area (Å²) < 4.78 is 1.91. The summed E-state index contributed by atoms with van der Waals surface area (Å²) in [6, 6.07) is 11.0. The van der Waals surface area contributed by atoms with Gasteiger partial charge in [-0.2, -0.15) is 5.10 Å². The Balaban J connectivity index is 1.54. The average molecular weight is 369 g/mol. The molecule has 0 N–H and O–H groups in total. The van der Waals surface area contributed by atoms with Gasteiger partial charge in [-0.05, 0) is 51.3 Å². The summed E-state index contributed by atoms with van der Waals surface area (Å²) in [6.45, 7) is 6.77. The zero-order chi connectivity index (χ0) is 19.4. The highest BCUT2D eigenvalue weighted by molar-refractivity contribution is 5.76. The minimum atomic E-state index is 0.274. The van der Waals surface area contributed by atoms with E-state index in [4.69, 9.17) is 0 Å². The predicted octanol–water partition coefficient (Wildman–Crippen LogP) is 3.09. The number of likely N-dealkylation sites (tertiary alicyclic amines) is 1. The van der Waals surface area contributed by atoms with E-state index in [1.807, 2.05) is 18.7 Å². The van der Waals surface area contributed by atoms with Gasteiger partial charge in [0, 0.05) is 44.8 Å². The van der Waals surface area contributed by atoms with E-state index in [-0.39, 0.29) is 5.91 Å². The number of piperidine rings is 1. The molecule has 1 fully saturated rings. The Morgan fingerprint density at radius 2 is 2.00 bits per heavy atom. The van der Waals surface area contributed by atoms with E-state index in [0.717, 1.165) is 44.6 Å². The standard InChI is InChI=1S/C22H32N4O/c1-17-21(18(2)25(4)23-17)12-13-22(27)26-14-8-11-20(16-26)24(3)15-19-9-6-5-7-10-19/h5-7,9-10,20H,8,11-16H2,1-4H3/t20-/m1/s1. The molecule has 1 aliphatic rings. The number of carbonyl (C=O) groups is 1. The van der Waals surface area contributed by atoms with Crippen molar-refractivity contribution in [3.8, 4) is 0 Å². The van der Waals surface area contributed by atoms with Crippen molar-refractivity contribution in [2.75, 3.05) is 20.1 Å². The Kier molecular flexibility index (Phi) is 6.32. The van der Waals surface area contributed by atoms with Gasteiger partial charge in [0.05, 0.1) is 5.69 Å². The minimum absolute atomic E-state index is 0.274. The number of hydrogen-bond donors (Lipinski definition) is 0. The molecule has 0 saturated carbocycles. The maximum absolute atomic E-state index is 12.8. The maximum Gasteiger partial charge on any atom is 0.222 e. The summed E-state index contributed by atoms with van der Waals surface area (Å²) in [5.41, 5.74) is 4.76. The average Bonchev–Trinajstić information content (AvgIpc) is 2.92. The lowest BCUT2D eigenvalue weighted by atomic mass is 10.0. The molecule has 1 aromatic carbocycles. The summed E-state index contributed by atoms with van der Waals surface area (Å²) in [7, 11) is 4.14. The highest BCUT2D eigenvalue weighted by Crippen LogP contribution is 2.19. The van der Waals surface area contributed by atoms with Crippen molar-refractivity contribution in [2.45, 2.75) is 52.1 Å². The summed E-state index contributed by atoms with van der Waals surface area (Å²) >= 11 is 0. The van der Waals surface area contributed by atoms with Gasteiger partial charge in [-0.25, -0.2) is 0 Å². The largest absolute Gasteiger partial charge is 0.341 e. The fourth-order valence-corrected chi connectivity index (χ4v) is 4.11. The van der Waals surface area contributed by atoms with E-state index in [9.17, 15) is 4.79 Å². The second kappa shape index (κ2) is 8.70. The van der Waals surface area contributed by atoms with Crippen LogP contribution < -0.4 is 0 Å². The van der Waals surface area contributed by atoms with Crippen LogP contribution in [0.2, 0.25) is 0 Å². The molecular weight excluding hydrogens is 336 g/mol. The second-order valence-electron chi connectivity index (χ2n) is 7.81. The Labute approximate surface area is 163 Å². The molecule has 27 heavy (non-hydrogen) atoms. The molecular formula is C22H32N4O. The lowest BCUT2D eigenvalue weighted by molar-refractivity contribution is -0.133. The first kappa shape index (κ1) is 19.6. The van der Waals surface area contributed by atoms with Gasteiger partial charge >= 0.3 is 0 Å². The number of aryl methyl sites for hydroxylation is 2. The zero-order valence-corrected chi connectivity index (χ0v) is 17.1. The van der Waals surface area contributed by atoms with Gasteiger partial charge in [-0.1, -0.05) is 30.3 Å². The number of aromatic nitrogens is 2. The van der Waals surface area contributed by atoms with E-state index in [0.29, 0.717) is 12.5 Å². The van der Waals surface area contributed by atoms with Gasteiger partial charge in [0.15, 0.2) is 0 Å². The molecule has 0 radical (unpaired) electrons. The van der Waals surface area contributed by atoms with Crippen LogP contribution in [0.5, 0.6) is 0 Å². The van der Waals surface area contributed by atoms with E-state index in [2.05, 4.69) is 59.2 Å². The molecule has 1 aromatic heterocycles. The Morgan fingerprint density at radius 3 is 2.67 bits per heavy atom. The molecule has 1 amide bonds. The third kappa shape index (κ3) is 4.78. The van der Waals surface area contributed by atoms with Crippen molar-refractivity contribution in [3.63, 3.8) is 0 Å². The molecule has 2 heterocycles. The Morgan fingerprint density at radius 1 is 1.26 bits per heavy atom. The Hall–Kier alpha value is -2.14. The van der Waals surface area contributed by atoms with Crippen molar-refractivity contribution >= 4 is 5.91 Å². The van der Waals surface area contributed by atoms with Crippen molar-refractivity contribution in [1.29, 1.82) is 0 Å². The normalized spacial score (nSPS) is 17.5. The van der Waals surface area contributed by atoms with Gasteiger partial charge < -0.3 is 4.90 Å². The second-order valence-corrected chi connectivity index (χ2v) is 7.81. The van der Waals surface area contributed by atoms with E-state index >= 15 is 0 Å². The Bertz CT molecular complexity index is 768. The number of benzene rings is 1. The van der Waals surface area contributed by atoms with E-state index < -0.39 is 0 Å². The van der Waals surface area contributed by atoms with Gasteiger partial charge in [0.2, 0.25) is 5.91 Å². The SMILES string of the molecule is Cc1nn(C)c(C)c1CCC(=O)N1CCC[C@@H](N(C)Cc2ccccc2)C1. The van der Waals surface area contributed by atoms with Crippen LogP contribution in [0, 0.1) is 13.8 Å². The molecule has 3 rings (SSSR count). The number of hydrogen-bond acceptors (Lipinski definition) is 3. The maximum atomic E-state index is 12.8. The molecule has 5 heteroatoms. The zero-order valence-electron chi connectivity index (χ0n) is 17.1. The van der Waals surface area contributed by atoms with Crippen molar-refractivity contribution in [1.82, 2.24) is 19.6 Å². The molecule has 5 nitrogen and oxygen atoms in total. The molecule has 0 bridgehead atoms. The molecule has 1 saturated heterocycles. The van der Waals surface area contributed by atoms with Crippen LogP contribution in [0.25, 0.3) is 0 Å². The van der Waals surface area contributed by atoms with Crippen LogP contribution >= 0.6 is 0 Å². The number of likely N-dealkylation sites (N-methyl/N-ethyl adjacent to an activating group) is 1. The summed E-state index contributed by atoms with van der Waals surface area (Å²) in [5.74, 6) is 0.274. The lowest BCUT2D eigenvalue weighted by Crippen LogP contribution is -2.48. The van der Waals surface area contributed by atoms with Gasteiger partial charge in [-0.15, -0.1) is 0 Å². The minimum Gasteiger partial charge on any atom is -0.341 e. The monoisotopic (exact) mass is 368 g/mol. The number of nitrogens with zero attached hydrogens (tertiary/aromatic N) is 4. The van der Waals surface area contributed by atoms with Crippen LogP contribution in [0.3, 0.4) is 0 Å². The summed E-state index contributed by atoms with van der Waals surface area (Å²) in [6.07, 6.45) is 3.60. The fourth-order valence-electron chi connectivity index (χ4n) is 4.11. The predicted molar refractivity (Wildman–Crippen MR) is 109 cm³/mol. The third-order valence-corrected chi connectivity index (χ3v) is 5.90. The highest BCUT2D eigenvalue weighted by Gasteiger charge is 2.26. The number of amides is 1. The van der Waals surface area contributed by atoms with Gasteiger partial charge in [-0.3, -0.25) is 14.4 Å². The summed E-state index contributed by atoms with van der Waals surface area (Å²) in [5, 5.41) is 4.46. The van der Waals surface area contributed by atoms with Crippen LogP contribution in [0.4, 0.5) is 0 Å². The van der Waals surface area contributed by atoms with Crippen LogP contribution in [-0.4, -0.2) is 51.7 Å². The van der Waals surface area contributed by atoms with Crippen molar-refractivity contribution in [2.24, 2.45) is 7.05 Å². The van der Waals surface area contributed by atoms with Gasteiger partial charge in [0.1, 0.15) is 0 Å². The smallest absolute Gasteiger partial charge is 0.222 e. The first-order valence-corrected chi connectivity index (χ1v) is 9.96. The molecule has 1 aliphatic heterocycles. The number of carbonyl (C=O) groups excluding carboxylic acids is 1. The van der Waals surface area contributed by atoms with E-state index in [1.165, 1.54) is 16.8 Å². The molecule has 1 atom stereocenters. The molecule has 146 valence electrons. The quantitative estimate of drug-likeness (QED) is 0.787. The summed E-state index contributed by atoms with van der Waals surface area (Å²) in [4.78, 5) is 17.3. The number of rotatable bonds is 6. The van der Waals surface area contributed by atoms with Crippen LogP contribution in [0.1, 0.15) is 41.8 Å².